The second-order valence-electron chi connectivity index (χ2n) is 10.2. The van der Waals surface area contributed by atoms with Gasteiger partial charge in [0, 0.05) is 19.2 Å². The normalized spacial score (nSPS) is 29.2. The SMILES string of the molecule is Cc1noc(C)c1COc1ccc(C(=O)N(C)CC23CC4CC(CC(C4)C2)C3)cc1. The predicted octanol–water partition coefficient (Wildman–Crippen LogP) is 5.16. The number of hydrogen-bond donors (Lipinski definition) is 0. The summed E-state index contributed by atoms with van der Waals surface area (Å²) in [7, 11) is 1.97. The molecule has 1 heterocycles. The van der Waals surface area contributed by atoms with Gasteiger partial charge in [0.05, 0.1) is 11.3 Å². The van der Waals surface area contributed by atoms with Crippen molar-refractivity contribution < 1.29 is 14.1 Å². The van der Waals surface area contributed by atoms with Crippen LogP contribution < -0.4 is 4.74 Å². The number of aryl methyl sites for hydroxylation is 2. The van der Waals surface area contributed by atoms with E-state index < -0.39 is 0 Å². The summed E-state index contributed by atoms with van der Waals surface area (Å²) in [6, 6.07) is 7.51. The van der Waals surface area contributed by atoms with Crippen LogP contribution >= 0.6 is 0 Å². The topological polar surface area (TPSA) is 55.6 Å². The molecule has 4 saturated carbocycles. The van der Waals surface area contributed by atoms with Crippen LogP contribution in [0.3, 0.4) is 0 Å². The maximum Gasteiger partial charge on any atom is 0.253 e. The van der Waals surface area contributed by atoms with E-state index in [0.717, 1.165) is 52.6 Å². The molecular weight excluding hydrogens is 376 g/mol. The molecule has 4 aliphatic rings. The molecule has 5 heteroatoms. The summed E-state index contributed by atoms with van der Waals surface area (Å²) in [5.41, 5.74) is 2.93. The van der Waals surface area contributed by atoms with Crippen molar-refractivity contribution >= 4 is 5.91 Å². The van der Waals surface area contributed by atoms with E-state index >= 15 is 0 Å². The fraction of sp³-hybridized carbons (Fsp3) is 0.600. The highest BCUT2D eigenvalue weighted by Crippen LogP contribution is 2.60. The zero-order valence-electron chi connectivity index (χ0n) is 18.3. The van der Waals surface area contributed by atoms with Crippen LogP contribution in [0.15, 0.2) is 28.8 Å². The van der Waals surface area contributed by atoms with Gasteiger partial charge in [-0.3, -0.25) is 4.79 Å². The third-order valence-electron chi connectivity index (χ3n) is 7.75. The molecule has 4 bridgehead atoms. The highest BCUT2D eigenvalue weighted by atomic mass is 16.5. The predicted molar refractivity (Wildman–Crippen MR) is 114 cm³/mol. The summed E-state index contributed by atoms with van der Waals surface area (Å²) in [5, 5.41) is 3.96. The van der Waals surface area contributed by atoms with Crippen molar-refractivity contribution in [2.45, 2.75) is 59.0 Å². The van der Waals surface area contributed by atoms with Gasteiger partial charge in [-0.25, -0.2) is 0 Å². The molecule has 160 valence electrons. The maximum atomic E-state index is 13.1. The van der Waals surface area contributed by atoms with Crippen molar-refractivity contribution in [3.8, 4) is 5.75 Å². The van der Waals surface area contributed by atoms with E-state index in [1.54, 1.807) is 0 Å². The lowest BCUT2D eigenvalue weighted by Gasteiger charge is -2.57. The zero-order chi connectivity index (χ0) is 20.9. The Balaban J connectivity index is 1.21. The minimum atomic E-state index is 0.114. The van der Waals surface area contributed by atoms with E-state index in [-0.39, 0.29) is 5.91 Å². The quantitative estimate of drug-likeness (QED) is 0.663. The van der Waals surface area contributed by atoms with Gasteiger partial charge in [-0.2, -0.15) is 0 Å². The molecule has 0 N–H and O–H groups in total. The van der Waals surface area contributed by atoms with E-state index in [4.69, 9.17) is 9.26 Å². The van der Waals surface area contributed by atoms with E-state index in [1.165, 1.54) is 38.5 Å². The molecule has 0 aliphatic heterocycles. The highest BCUT2D eigenvalue weighted by Gasteiger charge is 2.51. The Morgan fingerprint density at radius 3 is 2.23 bits per heavy atom. The molecular formula is C25H32N2O3. The highest BCUT2D eigenvalue weighted by molar-refractivity contribution is 5.94. The fourth-order valence-electron chi connectivity index (χ4n) is 6.84. The molecule has 1 aromatic carbocycles. The van der Waals surface area contributed by atoms with Gasteiger partial charge in [0.25, 0.3) is 5.91 Å². The molecule has 1 aromatic heterocycles. The van der Waals surface area contributed by atoms with Gasteiger partial charge in [-0.05, 0) is 99.8 Å². The smallest absolute Gasteiger partial charge is 0.253 e. The number of hydrogen-bond acceptors (Lipinski definition) is 4. The summed E-state index contributed by atoms with van der Waals surface area (Å²) in [4.78, 5) is 15.0. The first kappa shape index (κ1) is 19.7. The summed E-state index contributed by atoms with van der Waals surface area (Å²) >= 11 is 0. The largest absolute Gasteiger partial charge is 0.489 e. The summed E-state index contributed by atoms with van der Waals surface area (Å²) in [5.74, 6) is 4.38. The average Bonchev–Trinajstić information content (AvgIpc) is 3.02. The lowest BCUT2D eigenvalue weighted by atomic mass is 9.49. The van der Waals surface area contributed by atoms with E-state index in [1.807, 2.05) is 50.1 Å². The molecule has 0 unspecified atom stereocenters. The number of carbonyl (C=O) groups excluding carboxylic acids is 1. The first-order valence-electron chi connectivity index (χ1n) is 11.3. The van der Waals surface area contributed by atoms with Gasteiger partial charge in [0.1, 0.15) is 18.1 Å². The molecule has 2 aromatic rings. The molecule has 4 aliphatic carbocycles. The second kappa shape index (κ2) is 7.44. The first-order chi connectivity index (χ1) is 14.4. The summed E-state index contributed by atoms with van der Waals surface area (Å²) < 4.78 is 11.1. The van der Waals surface area contributed by atoms with Crippen LogP contribution in [0.25, 0.3) is 0 Å². The zero-order valence-corrected chi connectivity index (χ0v) is 18.3. The van der Waals surface area contributed by atoms with Gasteiger partial charge in [0.15, 0.2) is 0 Å². The average molecular weight is 409 g/mol. The molecule has 0 atom stereocenters. The Morgan fingerprint density at radius 1 is 1.10 bits per heavy atom. The Morgan fingerprint density at radius 2 is 1.70 bits per heavy atom. The number of aromatic nitrogens is 1. The molecule has 0 saturated heterocycles. The van der Waals surface area contributed by atoms with Crippen LogP contribution in [0.4, 0.5) is 0 Å². The standard InChI is InChI=1S/C25H32N2O3/c1-16-23(17(2)30-26-16)14-29-22-6-4-21(5-7-22)24(28)27(3)15-25-11-18-8-19(12-25)10-20(9-18)13-25/h4-7,18-20H,8-15H2,1-3H3. The number of ether oxygens (including phenoxy) is 1. The minimum absolute atomic E-state index is 0.114. The molecule has 30 heavy (non-hydrogen) atoms. The maximum absolute atomic E-state index is 13.1. The van der Waals surface area contributed by atoms with E-state index in [9.17, 15) is 4.79 Å². The van der Waals surface area contributed by atoms with Gasteiger partial charge in [-0.15, -0.1) is 0 Å². The second-order valence-corrected chi connectivity index (χ2v) is 10.2. The van der Waals surface area contributed by atoms with Crippen LogP contribution in [-0.2, 0) is 6.61 Å². The number of benzene rings is 1. The number of rotatable bonds is 6. The molecule has 0 radical (unpaired) electrons. The van der Waals surface area contributed by atoms with E-state index in [0.29, 0.717) is 12.0 Å². The van der Waals surface area contributed by atoms with Crippen molar-refractivity contribution in [1.82, 2.24) is 10.1 Å². The molecule has 4 fully saturated rings. The number of nitrogens with zero attached hydrogens (tertiary/aromatic N) is 2. The Hall–Kier alpha value is -2.30. The molecule has 0 spiro atoms. The Bertz CT molecular complexity index is 876. The van der Waals surface area contributed by atoms with Gasteiger partial charge in [0.2, 0.25) is 0 Å². The number of amides is 1. The molecule has 1 amide bonds. The fourth-order valence-corrected chi connectivity index (χ4v) is 6.84. The third kappa shape index (κ3) is 3.63. The third-order valence-corrected chi connectivity index (χ3v) is 7.75. The van der Waals surface area contributed by atoms with Crippen LogP contribution in [0.2, 0.25) is 0 Å². The van der Waals surface area contributed by atoms with Gasteiger partial charge < -0.3 is 14.2 Å². The lowest BCUT2D eigenvalue weighted by Crippen LogP contribution is -2.51. The van der Waals surface area contributed by atoms with Gasteiger partial charge >= 0.3 is 0 Å². The van der Waals surface area contributed by atoms with Crippen molar-refractivity contribution in [2.24, 2.45) is 23.2 Å². The van der Waals surface area contributed by atoms with Crippen LogP contribution in [0, 0.1) is 37.0 Å². The van der Waals surface area contributed by atoms with Crippen LogP contribution in [-0.4, -0.2) is 29.6 Å². The lowest BCUT2D eigenvalue weighted by molar-refractivity contribution is -0.0629. The summed E-state index contributed by atoms with van der Waals surface area (Å²) in [6.07, 6.45) is 8.28. The Labute approximate surface area is 178 Å². The van der Waals surface area contributed by atoms with Crippen molar-refractivity contribution in [3.05, 3.63) is 46.8 Å². The molecule has 5 nitrogen and oxygen atoms in total. The van der Waals surface area contributed by atoms with Crippen molar-refractivity contribution in [3.63, 3.8) is 0 Å². The minimum Gasteiger partial charge on any atom is -0.489 e. The first-order valence-corrected chi connectivity index (χ1v) is 11.3. The Kier molecular flexibility index (Phi) is 4.87. The van der Waals surface area contributed by atoms with Crippen molar-refractivity contribution in [2.75, 3.05) is 13.6 Å². The van der Waals surface area contributed by atoms with Crippen molar-refractivity contribution in [1.29, 1.82) is 0 Å². The summed E-state index contributed by atoms with van der Waals surface area (Å²) in [6.45, 7) is 5.12. The van der Waals surface area contributed by atoms with Crippen LogP contribution in [0.5, 0.6) is 5.75 Å². The number of carbonyl (C=O) groups is 1. The monoisotopic (exact) mass is 408 g/mol. The van der Waals surface area contributed by atoms with Gasteiger partial charge in [-0.1, -0.05) is 5.16 Å². The molecule has 6 rings (SSSR count). The van der Waals surface area contributed by atoms with Crippen LogP contribution in [0.1, 0.15) is 65.9 Å². The van der Waals surface area contributed by atoms with E-state index in [2.05, 4.69) is 5.16 Å².